The number of rotatable bonds is 6. The van der Waals surface area contributed by atoms with Gasteiger partial charge in [0.05, 0.1) is 4.87 Å². The van der Waals surface area contributed by atoms with Gasteiger partial charge in [0.2, 0.25) is 11.8 Å². The molecular formula is C20H29N3O2S. The van der Waals surface area contributed by atoms with Crippen molar-refractivity contribution in [2.45, 2.75) is 63.7 Å². The molecule has 2 aliphatic rings. The van der Waals surface area contributed by atoms with E-state index in [2.05, 4.69) is 62.3 Å². The van der Waals surface area contributed by atoms with Crippen LogP contribution in [0.4, 0.5) is 0 Å². The molecule has 1 aromatic rings. The minimum absolute atomic E-state index is 0.0416. The minimum atomic E-state index is -0.334. The van der Waals surface area contributed by atoms with Gasteiger partial charge in [-0.1, -0.05) is 24.3 Å². The van der Waals surface area contributed by atoms with Gasteiger partial charge < -0.3 is 10.2 Å². The molecule has 0 unspecified atom stereocenters. The van der Waals surface area contributed by atoms with E-state index in [1.165, 1.54) is 5.56 Å². The van der Waals surface area contributed by atoms with Crippen LogP contribution < -0.4 is 5.32 Å². The van der Waals surface area contributed by atoms with Crippen LogP contribution in [-0.4, -0.2) is 51.4 Å². The van der Waals surface area contributed by atoms with E-state index in [0.29, 0.717) is 24.8 Å². The molecule has 5 nitrogen and oxygen atoms in total. The first-order valence-corrected chi connectivity index (χ1v) is 10.3. The Balaban J connectivity index is 1.54. The maximum Gasteiger partial charge on any atom is 0.243 e. The summed E-state index contributed by atoms with van der Waals surface area (Å²) < 4.78 is 0. The van der Waals surface area contributed by atoms with Gasteiger partial charge in [-0.15, -0.1) is 11.8 Å². The van der Waals surface area contributed by atoms with Crippen molar-refractivity contribution in [1.29, 1.82) is 0 Å². The highest BCUT2D eigenvalue weighted by Gasteiger charge is 2.52. The van der Waals surface area contributed by atoms with Crippen molar-refractivity contribution >= 4 is 23.6 Å². The topological polar surface area (TPSA) is 52.7 Å². The molecule has 0 saturated carbocycles. The van der Waals surface area contributed by atoms with E-state index in [0.717, 1.165) is 18.5 Å². The molecule has 0 aliphatic carbocycles. The number of carbonyl (C=O) groups is 2. The maximum absolute atomic E-state index is 12.6. The lowest BCUT2D eigenvalue weighted by molar-refractivity contribution is -0.138. The quantitative estimate of drug-likeness (QED) is 0.830. The largest absolute Gasteiger partial charge is 0.350 e. The summed E-state index contributed by atoms with van der Waals surface area (Å²) in [5.74, 6) is 0.755. The number of nitrogens with one attached hydrogen (secondary N) is 1. The van der Waals surface area contributed by atoms with Crippen molar-refractivity contribution in [1.82, 2.24) is 15.1 Å². The molecule has 2 atom stereocenters. The molecule has 142 valence electrons. The van der Waals surface area contributed by atoms with Crippen molar-refractivity contribution in [3.63, 3.8) is 0 Å². The SMILES string of the molecule is CC(C)N(C)Cc1ccc(CNC(=O)[C@H]2CS[C@@]3(C)CCC(=O)N23)cc1. The normalized spacial score (nSPS) is 25.2. The van der Waals surface area contributed by atoms with Gasteiger partial charge in [-0.25, -0.2) is 0 Å². The Kier molecular flexibility index (Phi) is 5.63. The Morgan fingerprint density at radius 2 is 2.00 bits per heavy atom. The van der Waals surface area contributed by atoms with Crippen molar-refractivity contribution in [3.8, 4) is 0 Å². The van der Waals surface area contributed by atoms with Crippen molar-refractivity contribution < 1.29 is 9.59 Å². The Morgan fingerprint density at radius 3 is 2.65 bits per heavy atom. The van der Waals surface area contributed by atoms with Crippen LogP contribution in [0.15, 0.2) is 24.3 Å². The number of fused-ring (bicyclic) bond motifs is 1. The highest BCUT2D eigenvalue weighted by Crippen LogP contribution is 2.47. The molecule has 26 heavy (non-hydrogen) atoms. The number of nitrogens with zero attached hydrogens (tertiary/aromatic N) is 2. The van der Waals surface area contributed by atoms with E-state index in [4.69, 9.17) is 0 Å². The second-order valence-electron chi connectivity index (χ2n) is 7.81. The number of amides is 2. The van der Waals surface area contributed by atoms with Crippen LogP contribution in [0.5, 0.6) is 0 Å². The van der Waals surface area contributed by atoms with Crippen LogP contribution in [0.3, 0.4) is 0 Å². The monoisotopic (exact) mass is 375 g/mol. The van der Waals surface area contributed by atoms with Gasteiger partial charge in [0.15, 0.2) is 0 Å². The molecule has 6 heteroatoms. The van der Waals surface area contributed by atoms with E-state index in [1.54, 1.807) is 16.7 Å². The third kappa shape index (κ3) is 3.91. The van der Waals surface area contributed by atoms with Gasteiger partial charge in [0.1, 0.15) is 6.04 Å². The lowest BCUT2D eigenvalue weighted by Crippen LogP contribution is -2.49. The van der Waals surface area contributed by atoms with E-state index in [1.807, 2.05) is 0 Å². The predicted molar refractivity (Wildman–Crippen MR) is 106 cm³/mol. The van der Waals surface area contributed by atoms with E-state index in [-0.39, 0.29) is 22.7 Å². The highest BCUT2D eigenvalue weighted by molar-refractivity contribution is 8.01. The van der Waals surface area contributed by atoms with Crippen LogP contribution in [0, 0.1) is 0 Å². The first-order chi connectivity index (χ1) is 12.3. The zero-order valence-corrected chi connectivity index (χ0v) is 16.9. The summed E-state index contributed by atoms with van der Waals surface area (Å²) in [5, 5.41) is 3.01. The first kappa shape index (κ1) is 19.2. The number of hydrogen-bond donors (Lipinski definition) is 1. The summed E-state index contributed by atoms with van der Waals surface area (Å²) in [4.78, 5) is 28.7. The summed E-state index contributed by atoms with van der Waals surface area (Å²) >= 11 is 1.73. The number of hydrogen-bond acceptors (Lipinski definition) is 4. The Morgan fingerprint density at radius 1 is 1.35 bits per heavy atom. The zero-order chi connectivity index (χ0) is 18.9. The van der Waals surface area contributed by atoms with Crippen LogP contribution in [0.25, 0.3) is 0 Å². The molecule has 2 saturated heterocycles. The molecule has 2 amide bonds. The van der Waals surface area contributed by atoms with Gasteiger partial charge >= 0.3 is 0 Å². The van der Waals surface area contributed by atoms with Gasteiger partial charge in [-0.05, 0) is 45.4 Å². The molecule has 2 aliphatic heterocycles. The molecule has 3 rings (SSSR count). The van der Waals surface area contributed by atoms with Crippen LogP contribution in [-0.2, 0) is 22.7 Å². The minimum Gasteiger partial charge on any atom is -0.350 e. The fraction of sp³-hybridized carbons (Fsp3) is 0.600. The number of benzene rings is 1. The summed E-state index contributed by atoms with van der Waals surface area (Å²) in [6.07, 6.45) is 1.39. The summed E-state index contributed by atoms with van der Waals surface area (Å²) in [5.41, 5.74) is 2.34. The van der Waals surface area contributed by atoms with Gasteiger partial charge in [-0.2, -0.15) is 0 Å². The summed E-state index contributed by atoms with van der Waals surface area (Å²) in [6, 6.07) is 8.55. The smallest absolute Gasteiger partial charge is 0.243 e. The van der Waals surface area contributed by atoms with Gasteiger partial charge in [-0.3, -0.25) is 14.5 Å². The number of thioether (sulfide) groups is 1. The second-order valence-corrected chi connectivity index (χ2v) is 9.31. The fourth-order valence-corrected chi connectivity index (χ4v) is 4.99. The van der Waals surface area contributed by atoms with Crippen molar-refractivity contribution in [2.24, 2.45) is 0 Å². The molecular weight excluding hydrogens is 346 g/mol. The molecule has 2 heterocycles. The van der Waals surface area contributed by atoms with Crippen LogP contribution in [0.1, 0.15) is 44.7 Å². The fourth-order valence-electron chi connectivity index (χ4n) is 3.55. The summed E-state index contributed by atoms with van der Waals surface area (Å²) in [7, 11) is 2.12. The molecule has 1 N–H and O–H groups in total. The second kappa shape index (κ2) is 7.61. The average molecular weight is 376 g/mol. The lowest BCUT2D eigenvalue weighted by atomic mass is 10.1. The van der Waals surface area contributed by atoms with Crippen LogP contribution >= 0.6 is 11.8 Å². The average Bonchev–Trinajstić information content (AvgIpc) is 3.10. The van der Waals surface area contributed by atoms with E-state index < -0.39 is 0 Å². The standard InChI is InChI=1S/C20H29N3O2S/c1-14(2)22(4)12-16-7-5-15(6-8-16)11-21-19(25)17-13-26-20(3)10-9-18(24)23(17)20/h5-8,14,17H,9-13H2,1-4H3,(H,21,25)/t17-,20+/m1/s1. The Bertz CT molecular complexity index is 676. The molecule has 1 aromatic carbocycles. The third-order valence-electron chi connectivity index (χ3n) is 5.55. The predicted octanol–water partition coefficient (Wildman–Crippen LogP) is 2.60. The third-order valence-corrected chi connectivity index (χ3v) is 7.06. The molecule has 0 aromatic heterocycles. The van der Waals surface area contributed by atoms with Crippen LogP contribution in [0.2, 0.25) is 0 Å². The molecule has 0 spiro atoms. The Hall–Kier alpha value is -1.53. The van der Waals surface area contributed by atoms with E-state index >= 15 is 0 Å². The Labute approximate surface area is 160 Å². The zero-order valence-electron chi connectivity index (χ0n) is 16.1. The molecule has 0 radical (unpaired) electrons. The lowest BCUT2D eigenvalue weighted by Gasteiger charge is -2.29. The van der Waals surface area contributed by atoms with E-state index in [9.17, 15) is 9.59 Å². The number of carbonyl (C=O) groups excluding carboxylic acids is 2. The first-order valence-electron chi connectivity index (χ1n) is 9.32. The van der Waals surface area contributed by atoms with Gasteiger partial charge in [0.25, 0.3) is 0 Å². The maximum atomic E-state index is 12.6. The molecule has 2 fully saturated rings. The van der Waals surface area contributed by atoms with Gasteiger partial charge in [0, 0.05) is 31.3 Å². The highest BCUT2D eigenvalue weighted by atomic mass is 32.2. The van der Waals surface area contributed by atoms with Crippen molar-refractivity contribution in [3.05, 3.63) is 35.4 Å². The van der Waals surface area contributed by atoms with Crippen molar-refractivity contribution in [2.75, 3.05) is 12.8 Å². The molecule has 0 bridgehead atoms. The summed E-state index contributed by atoms with van der Waals surface area (Å²) in [6.45, 7) is 7.85.